The minimum absolute atomic E-state index is 0.174. The van der Waals surface area contributed by atoms with Gasteiger partial charge in [-0.2, -0.15) is 0 Å². The monoisotopic (exact) mass is 617 g/mol. The van der Waals surface area contributed by atoms with Crippen LogP contribution in [0.4, 0.5) is 15.5 Å². The lowest BCUT2D eigenvalue weighted by atomic mass is 10.0. The van der Waals surface area contributed by atoms with Gasteiger partial charge in [-0.05, 0) is 64.3 Å². The molecule has 0 saturated heterocycles. The standard InChI is InChI=1S/C29H35N3O8S2/c1-6-20(41-18-10-8-9-17(15-18)30-22(33)11-12-23(34)35)25(36)31-26-24(27(37)39-7-2)19-13-14-32(16-21(19)42-26)28(38)40-29(3,4)5/h8-12,15,20H,6-7,13-14,16H2,1-5H3,(H,30,33)(H,31,36)(H,34,35)/b12-11+. The highest BCUT2D eigenvalue weighted by Gasteiger charge is 2.33. The molecule has 1 atom stereocenters. The summed E-state index contributed by atoms with van der Waals surface area (Å²) in [5.74, 6) is -2.67. The van der Waals surface area contributed by atoms with Crippen LogP contribution in [0, 0.1) is 0 Å². The first-order chi connectivity index (χ1) is 19.8. The van der Waals surface area contributed by atoms with Crippen LogP contribution in [-0.2, 0) is 36.8 Å². The number of carbonyl (C=O) groups is 5. The molecule has 42 heavy (non-hydrogen) atoms. The van der Waals surface area contributed by atoms with E-state index in [2.05, 4.69) is 10.6 Å². The molecule has 3 N–H and O–H groups in total. The second-order valence-electron chi connectivity index (χ2n) is 10.3. The second kappa shape index (κ2) is 14.4. The highest BCUT2D eigenvalue weighted by atomic mass is 32.2. The van der Waals surface area contributed by atoms with E-state index in [0.29, 0.717) is 40.5 Å². The molecule has 1 aromatic heterocycles. The van der Waals surface area contributed by atoms with E-state index in [4.69, 9.17) is 14.6 Å². The fraction of sp³-hybridized carbons (Fsp3) is 0.414. The van der Waals surface area contributed by atoms with Gasteiger partial charge < -0.3 is 30.1 Å². The smallest absolute Gasteiger partial charge is 0.410 e. The number of thioether (sulfide) groups is 1. The van der Waals surface area contributed by atoms with Gasteiger partial charge in [0.15, 0.2) is 0 Å². The number of esters is 1. The van der Waals surface area contributed by atoms with Gasteiger partial charge in [-0.3, -0.25) is 9.59 Å². The number of benzene rings is 1. The number of anilines is 2. The Hall–Kier alpha value is -3.84. The van der Waals surface area contributed by atoms with E-state index in [1.807, 2.05) is 6.92 Å². The predicted molar refractivity (Wildman–Crippen MR) is 161 cm³/mol. The number of hydrogen-bond donors (Lipinski definition) is 3. The van der Waals surface area contributed by atoms with Crippen LogP contribution in [-0.4, -0.2) is 63.9 Å². The summed E-state index contributed by atoms with van der Waals surface area (Å²) in [4.78, 5) is 64.8. The van der Waals surface area contributed by atoms with Crippen molar-refractivity contribution in [2.24, 2.45) is 0 Å². The molecule has 2 heterocycles. The summed E-state index contributed by atoms with van der Waals surface area (Å²) in [6.07, 6.45) is 2.11. The zero-order valence-electron chi connectivity index (χ0n) is 24.1. The lowest BCUT2D eigenvalue weighted by Crippen LogP contribution is -2.39. The number of carboxylic acids is 1. The summed E-state index contributed by atoms with van der Waals surface area (Å²) in [6, 6.07) is 6.85. The Kier molecular flexibility index (Phi) is 11.2. The van der Waals surface area contributed by atoms with Gasteiger partial charge >= 0.3 is 18.0 Å². The van der Waals surface area contributed by atoms with Crippen LogP contribution in [0.3, 0.4) is 0 Å². The Balaban J connectivity index is 1.78. The molecule has 2 aromatic rings. The summed E-state index contributed by atoms with van der Waals surface area (Å²) in [6.45, 7) is 9.76. The summed E-state index contributed by atoms with van der Waals surface area (Å²) in [5.41, 5.74) is 0.875. The fourth-order valence-electron chi connectivity index (χ4n) is 4.05. The third-order valence-electron chi connectivity index (χ3n) is 5.85. The molecule has 11 nitrogen and oxygen atoms in total. The highest BCUT2D eigenvalue weighted by Crippen LogP contribution is 2.39. The number of aliphatic carboxylic acids is 1. The number of amides is 3. The maximum Gasteiger partial charge on any atom is 0.410 e. The van der Waals surface area contributed by atoms with Gasteiger partial charge in [0.25, 0.3) is 0 Å². The topological polar surface area (TPSA) is 151 Å². The van der Waals surface area contributed by atoms with Crippen LogP contribution in [0.5, 0.6) is 0 Å². The molecule has 1 aromatic carbocycles. The SMILES string of the molecule is CCOC(=O)c1c(NC(=O)C(CC)Sc2cccc(NC(=O)/C=C/C(=O)O)c2)sc2c1CCN(C(=O)OC(C)(C)C)C2. The van der Waals surface area contributed by atoms with Crippen molar-refractivity contribution in [3.05, 3.63) is 52.4 Å². The van der Waals surface area contributed by atoms with Crippen LogP contribution in [0.25, 0.3) is 0 Å². The summed E-state index contributed by atoms with van der Waals surface area (Å²) in [5, 5.41) is 14.1. The molecule has 3 rings (SSSR count). The maximum absolute atomic E-state index is 13.4. The van der Waals surface area contributed by atoms with Crippen LogP contribution >= 0.6 is 23.1 Å². The Morgan fingerprint density at radius 2 is 1.88 bits per heavy atom. The lowest BCUT2D eigenvalue weighted by molar-refractivity contribution is -0.131. The summed E-state index contributed by atoms with van der Waals surface area (Å²) in [7, 11) is 0. The number of hydrogen-bond acceptors (Lipinski definition) is 9. The number of thiophene rings is 1. The minimum Gasteiger partial charge on any atom is -0.478 e. The molecule has 1 aliphatic rings. The molecule has 0 spiro atoms. The number of carbonyl (C=O) groups excluding carboxylic acids is 4. The first-order valence-corrected chi connectivity index (χ1v) is 15.1. The third kappa shape index (κ3) is 9.08. The van der Waals surface area contributed by atoms with Crippen molar-refractivity contribution in [1.82, 2.24) is 4.90 Å². The van der Waals surface area contributed by atoms with E-state index in [9.17, 15) is 24.0 Å². The zero-order chi connectivity index (χ0) is 31.0. The molecule has 226 valence electrons. The van der Waals surface area contributed by atoms with E-state index in [1.54, 1.807) is 56.9 Å². The Bertz CT molecular complexity index is 1380. The minimum atomic E-state index is -1.23. The predicted octanol–water partition coefficient (Wildman–Crippen LogP) is 5.31. The van der Waals surface area contributed by atoms with Crippen LogP contribution in [0.15, 0.2) is 41.3 Å². The van der Waals surface area contributed by atoms with Gasteiger partial charge in [0, 0.05) is 34.2 Å². The molecule has 0 radical (unpaired) electrons. The average Bonchev–Trinajstić information content (AvgIpc) is 3.26. The van der Waals surface area contributed by atoms with Crippen molar-refractivity contribution >= 4 is 63.6 Å². The number of ether oxygens (including phenoxy) is 2. The van der Waals surface area contributed by atoms with E-state index >= 15 is 0 Å². The summed E-state index contributed by atoms with van der Waals surface area (Å²) >= 11 is 2.53. The molecular formula is C29H35N3O8S2. The Labute approximate surface area is 252 Å². The first-order valence-electron chi connectivity index (χ1n) is 13.4. The number of carboxylic acid groups (broad SMARTS) is 1. The van der Waals surface area contributed by atoms with Crippen LogP contribution in [0.1, 0.15) is 61.8 Å². The van der Waals surface area contributed by atoms with Crippen molar-refractivity contribution in [2.75, 3.05) is 23.8 Å². The summed E-state index contributed by atoms with van der Waals surface area (Å²) < 4.78 is 10.8. The zero-order valence-corrected chi connectivity index (χ0v) is 25.8. The molecule has 1 unspecified atom stereocenters. The van der Waals surface area contributed by atoms with Gasteiger partial charge in [0.1, 0.15) is 10.6 Å². The van der Waals surface area contributed by atoms with Gasteiger partial charge in [0.05, 0.1) is 24.0 Å². The van der Waals surface area contributed by atoms with E-state index in [1.165, 1.54) is 23.1 Å². The van der Waals surface area contributed by atoms with Crippen LogP contribution in [0.2, 0.25) is 0 Å². The fourth-order valence-corrected chi connectivity index (χ4v) is 6.32. The van der Waals surface area contributed by atoms with Crippen molar-refractivity contribution in [3.8, 4) is 0 Å². The van der Waals surface area contributed by atoms with Crippen molar-refractivity contribution < 1.29 is 38.6 Å². The van der Waals surface area contributed by atoms with Crippen molar-refractivity contribution in [3.63, 3.8) is 0 Å². The number of nitrogens with one attached hydrogen (secondary N) is 2. The number of rotatable bonds is 10. The van der Waals surface area contributed by atoms with Crippen molar-refractivity contribution in [2.45, 2.75) is 69.8 Å². The highest BCUT2D eigenvalue weighted by molar-refractivity contribution is 8.00. The van der Waals surface area contributed by atoms with E-state index in [-0.39, 0.29) is 19.1 Å². The molecule has 0 bridgehead atoms. The lowest BCUT2D eigenvalue weighted by Gasteiger charge is -2.30. The molecule has 1 aliphatic heterocycles. The third-order valence-corrected chi connectivity index (χ3v) is 8.34. The average molecular weight is 618 g/mol. The molecule has 0 fully saturated rings. The number of fused-ring (bicyclic) bond motifs is 1. The molecule has 0 saturated carbocycles. The number of nitrogens with zero attached hydrogens (tertiary/aromatic N) is 1. The van der Waals surface area contributed by atoms with E-state index < -0.39 is 34.8 Å². The van der Waals surface area contributed by atoms with Gasteiger partial charge in [-0.25, -0.2) is 14.4 Å². The maximum atomic E-state index is 13.4. The van der Waals surface area contributed by atoms with Gasteiger partial charge in [0.2, 0.25) is 11.8 Å². The van der Waals surface area contributed by atoms with E-state index in [0.717, 1.165) is 22.6 Å². The Morgan fingerprint density at radius 1 is 1.14 bits per heavy atom. The largest absolute Gasteiger partial charge is 0.478 e. The van der Waals surface area contributed by atoms with Gasteiger partial charge in [-0.1, -0.05) is 13.0 Å². The quantitative estimate of drug-likeness (QED) is 0.183. The molecule has 3 amide bonds. The molecule has 0 aliphatic carbocycles. The first kappa shape index (κ1) is 32.7. The molecular weight excluding hydrogens is 582 g/mol. The van der Waals surface area contributed by atoms with Crippen LogP contribution < -0.4 is 10.6 Å². The van der Waals surface area contributed by atoms with Gasteiger partial charge in [-0.15, -0.1) is 23.1 Å². The molecule has 13 heteroatoms. The normalized spacial score (nSPS) is 13.7. The Morgan fingerprint density at radius 3 is 2.52 bits per heavy atom. The van der Waals surface area contributed by atoms with Crippen molar-refractivity contribution in [1.29, 1.82) is 0 Å². The second-order valence-corrected chi connectivity index (χ2v) is 12.7.